The zero-order valence-corrected chi connectivity index (χ0v) is 18.6. The van der Waals surface area contributed by atoms with E-state index in [1.54, 1.807) is 18.2 Å². The number of non-ortho nitro benzene ring substituents is 1. The maximum absolute atomic E-state index is 12.8. The Morgan fingerprint density at radius 1 is 1.29 bits per heavy atom. The highest BCUT2D eigenvalue weighted by Crippen LogP contribution is 2.27. The molecule has 0 fully saturated rings. The van der Waals surface area contributed by atoms with E-state index in [0.717, 1.165) is 4.90 Å². The number of nitrogens with two attached hydrogens (primary N) is 1. The van der Waals surface area contributed by atoms with Crippen molar-refractivity contribution in [2.24, 2.45) is 5.10 Å². The molecule has 13 nitrogen and oxygen atoms in total. The Hall–Kier alpha value is -4.30. The number of rotatable bonds is 8. The van der Waals surface area contributed by atoms with Crippen molar-refractivity contribution >= 4 is 47.0 Å². The van der Waals surface area contributed by atoms with Crippen LogP contribution in [0, 0.1) is 10.1 Å². The molecule has 1 amide bonds. The summed E-state index contributed by atoms with van der Waals surface area (Å²) in [6, 6.07) is 12.9. The van der Waals surface area contributed by atoms with Gasteiger partial charge in [0.1, 0.15) is 0 Å². The molecule has 0 aliphatic rings. The van der Waals surface area contributed by atoms with Gasteiger partial charge in [0.2, 0.25) is 11.6 Å². The summed E-state index contributed by atoms with van der Waals surface area (Å²) in [4.78, 5) is 24.1. The first-order valence-electron chi connectivity index (χ1n) is 9.41. The van der Waals surface area contributed by atoms with Gasteiger partial charge in [0.25, 0.3) is 11.6 Å². The predicted octanol–water partition coefficient (Wildman–Crippen LogP) is 2.85. The number of thioether (sulfide) groups is 1. The van der Waals surface area contributed by atoms with Crippen LogP contribution in [0.25, 0.3) is 5.82 Å². The van der Waals surface area contributed by atoms with Crippen molar-refractivity contribution in [2.45, 2.75) is 10.6 Å². The minimum absolute atomic E-state index is 0.0277. The molecule has 2 aromatic heterocycles. The molecule has 4 rings (SSSR count). The van der Waals surface area contributed by atoms with Crippen molar-refractivity contribution in [1.82, 2.24) is 30.7 Å². The zero-order valence-electron chi connectivity index (χ0n) is 17.0. The lowest BCUT2D eigenvalue weighted by atomic mass is 10.2. The van der Waals surface area contributed by atoms with Gasteiger partial charge in [0.15, 0.2) is 5.69 Å². The maximum Gasteiger partial charge on any atom is 0.293 e. The average Bonchev–Trinajstić information content (AvgIpc) is 3.44. The van der Waals surface area contributed by atoms with Gasteiger partial charge < -0.3 is 5.73 Å². The van der Waals surface area contributed by atoms with Crippen LogP contribution in [0.5, 0.6) is 0 Å². The topological polar surface area (TPSA) is 180 Å². The number of hydrazone groups is 1. The Kier molecular flexibility index (Phi) is 6.79. The van der Waals surface area contributed by atoms with E-state index >= 15 is 0 Å². The first kappa shape index (κ1) is 22.9. The minimum atomic E-state index is -0.658. The molecule has 2 heterocycles. The number of nitrogens with one attached hydrogen (secondary N) is 1. The van der Waals surface area contributed by atoms with Crippen LogP contribution in [0.2, 0.25) is 5.02 Å². The summed E-state index contributed by atoms with van der Waals surface area (Å²) in [7, 11) is 0. The summed E-state index contributed by atoms with van der Waals surface area (Å²) in [5.74, 6) is -0.343. The normalized spacial score (nSPS) is 11.1. The number of carbonyl (C=O) groups excluding carboxylic acids is 1. The fourth-order valence-corrected chi connectivity index (χ4v) is 3.75. The van der Waals surface area contributed by atoms with E-state index < -0.39 is 10.8 Å². The summed E-state index contributed by atoms with van der Waals surface area (Å²) < 4.78 is 5.89. The summed E-state index contributed by atoms with van der Waals surface area (Å²) in [5.41, 5.74) is 8.79. The summed E-state index contributed by atoms with van der Waals surface area (Å²) in [5, 5.41) is 30.5. The van der Waals surface area contributed by atoms with Crippen LogP contribution >= 0.6 is 23.4 Å². The van der Waals surface area contributed by atoms with Gasteiger partial charge in [0.05, 0.1) is 16.8 Å². The van der Waals surface area contributed by atoms with Crippen LogP contribution in [-0.4, -0.2) is 42.4 Å². The first-order chi connectivity index (χ1) is 16.4. The van der Waals surface area contributed by atoms with E-state index in [9.17, 15) is 14.9 Å². The second kappa shape index (κ2) is 10.1. The standard InChI is InChI=1S/C19H14ClN9O4S/c20-12-4-6-14(7-5-12)34-10-15-16(23-27-28(15)18-17(21)25-33-26-18)19(30)24-22-9-11-2-1-3-13(8-11)29(31)32/h1-9H,10H2,(H2,21,25)(H,24,30). The lowest BCUT2D eigenvalue weighted by Crippen LogP contribution is -2.20. The molecular formula is C19H14ClN9O4S. The van der Waals surface area contributed by atoms with E-state index in [0.29, 0.717) is 16.3 Å². The SMILES string of the molecule is Nc1nonc1-n1nnc(C(=O)NN=Cc2cccc([N+](=O)[O-])c2)c1CSc1ccc(Cl)cc1. The summed E-state index contributed by atoms with van der Waals surface area (Å²) in [6.45, 7) is 0. The molecule has 2 aromatic carbocycles. The molecule has 34 heavy (non-hydrogen) atoms. The fourth-order valence-electron chi connectivity index (χ4n) is 2.74. The van der Waals surface area contributed by atoms with Crippen molar-refractivity contribution in [3.63, 3.8) is 0 Å². The summed E-state index contributed by atoms with van der Waals surface area (Å²) in [6.07, 6.45) is 1.27. The molecule has 3 N–H and O–H groups in total. The van der Waals surface area contributed by atoms with Crippen molar-refractivity contribution in [3.8, 4) is 5.82 Å². The van der Waals surface area contributed by atoms with Gasteiger partial charge in [-0.2, -0.15) is 9.78 Å². The third-order valence-electron chi connectivity index (χ3n) is 4.32. The van der Waals surface area contributed by atoms with Crippen LogP contribution in [0.15, 0.2) is 63.2 Å². The zero-order chi connectivity index (χ0) is 24.1. The van der Waals surface area contributed by atoms with Gasteiger partial charge >= 0.3 is 0 Å². The third-order valence-corrected chi connectivity index (χ3v) is 5.60. The number of nitrogens with zero attached hydrogens (tertiary/aromatic N) is 7. The van der Waals surface area contributed by atoms with Gasteiger partial charge in [-0.15, -0.1) is 16.9 Å². The number of halogens is 1. The van der Waals surface area contributed by atoms with Gasteiger partial charge in [-0.1, -0.05) is 28.9 Å². The van der Waals surface area contributed by atoms with Crippen molar-refractivity contribution in [3.05, 3.63) is 80.6 Å². The van der Waals surface area contributed by atoms with Gasteiger partial charge in [-0.3, -0.25) is 14.9 Å². The number of nitro benzene ring substituents is 1. The largest absolute Gasteiger partial charge is 0.378 e. The van der Waals surface area contributed by atoms with Crippen LogP contribution in [-0.2, 0) is 5.75 Å². The second-order valence-corrected chi connectivity index (χ2v) is 8.05. The quantitative estimate of drug-likeness (QED) is 0.158. The highest BCUT2D eigenvalue weighted by molar-refractivity contribution is 7.98. The molecule has 0 atom stereocenters. The average molecular weight is 500 g/mol. The van der Waals surface area contributed by atoms with E-state index in [2.05, 4.69) is 35.8 Å². The number of nitrogen functional groups attached to an aromatic ring is 1. The highest BCUT2D eigenvalue weighted by atomic mass is 35.5. The lowest BCUT2D eigenvalue weighted by molar-refractivity contribution is -0.384. The number of aromatic nitrogens is 5. The molecule has 0 aliphatic heterocycles. The summed E-state index contributed by atoms with van der Waals surface area (Å²) >= 11 is 7.33. The molecule has 0 radical (unpaired) electrons. The van der Waals surface area contributed by atoms with Crippen molar-refractivity contribution < 1.29 is 14.3 Å². The fraction of sp³-hybridized carbons (Fsp3) is 0.0526. The number of anilines is 1. The van der Waals surface area contributed by atoms with Gasteiger partial charge in [-0.05, 0) is 34.6 Å². The van der Waals surface area contributed by atoms with Gasteiger partial charge in [0, 0.05) is 33.4 Å². The van der Waals surface area contributed by atoms with Gasteiger partial charge in [-0.25, -0.2) is 10.1 Å². The van der Waals surface area contributed by atoms with E-state index in [1.165, 1.54) is 40.9 Å². The van der Waals surface area contributed by atoms with E-state index in [1.807, 2.05) is 12.1 Å². The number of hydrogen-bond donors (Lipinski definition) is 2. The molecule has 0 saturated heterocycles. The molecule has 15 heteroatoms. The van der Waals surface area contributed by atoms with Crippen molar-refractivity contribution in [1.29, 1.82) is 0 Å². The Bertz CT molecular complexity index is 1370. The Labute approximate surface area is 200 Å². The molecule has 0 saturated carbocycles. The molecule has 0 aliphatic carbocycles. The third kappa shape index (κ3) is 5.19. The molecule has 172 valence electrons. The number of nitro groups is 1. The van der Waals surface area contributed by atoms with Crippen LogP contribution in [0.3, 0.4) is 0 Å². The number of benzene rings is 2. The van der Waals surface area contributed by atoms with E-state index in [4.69, 9.17) is 17.3 Å². The van der Waals surface area contributed by atoms with E-state index in [-0.39, 0.29) is 28.8 Å². The van der Waals surface area contributed by atoms with Crippen LogP contribution in [0.1, 0.15) is 21.7 Å². The molecule has 0 unspecified atom stereocenters. The smallest absolute Gasteiger partial charge is 0.293 e. The highest BCUT2D eigenvalue weighted by Gasteiger charge is 2.24. The Morgan fingerprint density at radius 3 is 2.79 bits per heavy atom. The molecular weight excluding hydrogens is 486 g/mol. The monoisotopic (exact) mass is 499 g/mol. The Morgan fingerprint density at radius 2 is 2.09 bits per heavy atom. The van der Waals surface area contributed by atoms with Crippen molar-refractivity contribution in [2.75, 3.05) is 5.73 Å². The first-order valence-corrected chi connectivity index (χ1v) is 10.8. The molecule has 0 spiro atoms. The number of carbonyl (C=O) groups is 1. The van der Waals surface area contributed by atoms with Crippen LogP contribution < -0.4 is 11.2 Å². The Balaban J connectivity index is 1.56. The maximum atomic E-state index is 12.8. The lowest BCUT2D eigenvalue weighted by Gasteiger charge is -2.06. The number of amides is 1. The second-order valence-electron chi connectivity index (χ2n) is 6.56. The predicted molar refractivity (Wildman–Crippen MR) is 123 cm³/mol. The molecule has 4 aromatic rings. The van der Waals surface area contributed by atoms with Crippen LogP contribution in [0.4, 0.5) is 11.5 Å². The number of hydrogen-bond acceptors (Lipinski definition) is 11. The molecule has 0 bridgehead atoms. The minimum Gasteiger partial charge on any atom is -0.378 e.